The fraction of sp³-hybridized carbons (Fsp3) is 0.240. The SMILES string of the molecule is COc1cc(CNCCCSc2nnnn2-c2ccccc2)ccc1OCc1c(F)cccc1Cl.Cl. The molecule has 0 fully saturated rings. The number of methoxy groups -OCH3 is 1. The lowest BCUT2D eigenvalue weighted by Crippen LogP contribution is -2.15. The van der Waals surface area contributed by atoms with Gasteiger partial charge in [0, 0.05) is 17.9 Å². The third-order valence-electron chi connectivity index (χ3n) is 5.16. The van der Waals surface area contributed by atoms with E-state index in [0.29, 0.717) is 28.6 Å². The summed E-state index contributed by atoms with van der Waals surface area (Å²) >= 11 is 7.70. The van der Waals surface area contributed by atoms with E-state index in [4.69, 9.17) is 21.1 Å². The lowest BCUT2D eigenvalue weighted by molar-refractivity contribution is 0.279. The molecule has 4 rings (SSSR count). The molecule has 3 aromatic carbocycles. The molecule has 0 amide bonds. The van der Waals surface area contributed by atoms with Crippen LogP contribution >= 0.6 is 35.8 Å². The summed E-state index contributed by atoms with van der Waals surface area (Å²) in [6.45, 7) is 1.54. The van der Waals surface area contributed by atoms with E-state index in [0.717, 1.165) is 35.1 Å². The number of nitrogens with zero attached hydrogens (tertiary/aromatic N) is 4. The predicted molar refractivity (Wildman–Crippen MR) is 142 cm³/mol. The molecule has 1 N–H and O–H groups in total. The van der Waals surface area contributed by atoms with Crippen LogP contribution in [0.25, 0.3) is 5.69 Å². The maximum atomic E-state index is 14.0. The number of tetrazole rings is 1. The van der Waals surface area contributed by atoms with Crippen LogP contribution in [-0.2, 0) is 13.2 Å². The minimum Gasteiger partial charge on any atom is -0.493 e. The van der Waals surface area contributed by atoms with Gasteiger partial charge in [0.15, 0.2) is 11.5 Å². The van der Waals surface area contributed by atoms with Gasteiger partial charge in [-0.15, -0.1) is 17.5 Å². The number of hydrogen-bond donors (Lipinski definition) is 1. The average molecular weight is 550 g/mol. The molecule has 0 radical (unpaired) electrons. The van der Waals surface area contributed by atoms with Crippen LogP contribution in [-0.4, -0.2) is 39.6 Å². The van der Waals surface area contributed by atoms with Crippen molar-refractivity contribution in [2.75, 3.05) is 19.4 Å². The average Bonchev–Trinajstić information content (AvgIpc) is 3.35. The number of hydrogen-bond acceptors (Lipinski definition) is 7. The molecule has 36 heavy (non-hydrogen) atoms. The quantitative estimate of drug-likeness (QED) is 0.178. The molecule has 11 heteroatoms. The molecule has 0 saturated carbocycles. The second-order valence-corrected chi connectivity index (χ2v) is 9.03. The Bertz CT molecular complexity index is 1230. The fourth-order valence-corrected chi connectivity index (χ4v) is 4.40. The van der Waals surface area contributed by atoms with Crippen molar-refractivity contribution < 1.29 is 13.9 Å². The van der Waals surface area contributed by atoms with E-state index < -0.39 is 5.82 Å². The maximum Gasteiger partial charge on any atom is 0.214 e. The molecule has 1 aromatic heterocycles. The highest BCUT2D eigenvalue weighted by molar-refractivity contribution is 7.99. The van der Waals surface area contributed by atoms with E-state index in [2.05, 4.69) is 20.8 Å². The zero-order chi connectivity index (χ0) is 24.5. The third kappa shape index (κ3) is 7.33. The third-order valence-corrected chi connectivity index (χ3v) is 6.52. The summed E-state index contributed by atoms with van der Waals surface area (Å²) in [5.41, 5.74) is 2.31. The van der Waals surface area contributed by atoms with Gasteiger partial charge in [-0.3, -0.25) is 0 Å². The zero-order valence-electron chi connectivity index (χ0n) is 19.6. The van der Waals surface area contributed by atoms with Gasteiger partial charge in [-0.2, -0.15) is 4.68 Å². The molecule has 0 bridgehead atoms. The standard InChI is InChI=1S/C25H25ClFN5O2S.ClH/c1-33-24-15-18(11-12-23(24)34-17-20-21(26)9-5-10-22(20)27)16-28-13-6-14-35-25-29-30-31-32(25)19-7-3-2-4-8-19;/h2-5,7-12,15,28H,6,13-14,16-17H2,1H3;1H. The Morgan fingerprint density at radius 3 is 2.67 bits per heavy atom. The van der Waals surface area contributed by atoms with E-state index in [9.17, 15) is 4.39 Å². The van der Waals surface area contributed by atoms with Gasteiger partial charge >= 0.3 is 0 Å². The Morgan fingerprint density at radius 2 is 1.89 bits per heavy atom. The van der Waals surface area contributed by atoms with Gasteiger partial charge in [-0.05, 0) is 65.4 Å². The number of rotatable bonds is 12. The second-order valence-electron chi connectivity index (χ2n) is 7.56. The number of nitrogens with one attached hydrogen (secondary N) is 1. The summed E-state index contributed by atoms with van der Waals surface area (Å²) in [6, 6.07) is 20.1. The van der Waals surface area contributed by atoms with Gasteiger partial charge in [-0.25, -0.2) is 4.39 Å². The van der Waals surface area contributed by atoms with Crippen LogP contribution in [0.5, 0.6) is 11.5 Å². The molecule has 190 valence electrons. The van der Waals surface area contributed by atoms with Crippen molar-refractivity contribution in [3.8, 4) is 17.2 Å². The Kier molecular flexibility index (Phi) is 10.8. The Labute approximate surface area is 224 Å². The molecule has 0 unspecified atom stereocenters. The number of thioether (sulfide) groups is 1. The first-order chi connectivity index (χ1) is 17.2. The fourth-order valence-electron chi connectivity index (χ4n) is 3.35. The van der Waals surface area contributed by atoms with Gasteiger partial charge in [0.1, 0.15) is 12.4 Å². The van der Waals surface area contributed by atoms with E-state index in [-0.39, 0.29) is 19.0 Å². The lowest BCUT2D eigenvalue weighted by Gasteiger charge is -2.13. The predicted octanol–water partition coefficient (Wildman–Crippen LogP) is 5.74. The molecule has 0 aliphatic heterocycles. The summed E-state index contributed by atoms with van der Waals surface area (Å²) in [4.78, 5) is 0. The molecule has 0 saturated heterocycles. The van der Waals surface area contributed by atoms with E-state index >= 15 is 0 Å². The summed E-state index contributed by atoms with van der Waals surface area (Å²) in [5, 5.41) is 16.5. The highest BCUT2D eigenvalue weighted by atomic mass is 35.5. The lowest BCUT2D eigenvalue weighted by atomic mass is 10.2. The molecule has 0 aliphatic rings. The molecule has 0 aliphatic carbocycles. The summed E-state index contributed by atoms with van der Waals surface area (Å²) < 4.78 is 27.0. The Morgan fingerprint density at radius 1 is 1.06 bits per heavy atom. The van der Waals surface area contributed by atoms with E-state index in [1.807, 2.05) is 48.5 Å². The molecule has 4 aromatic rings. The van der Waals surface area contributed by atoms with Crippen LogP contribution in [0.4, 0.5) is 4.39 Å². The van der Waals surface area contributed by atoms with Crippen LogP contribution in [0.1, 0.15) is 17.5 Å². The number of ether oxygens (including phenoxy) is 2. The first-order valence-electron chi connectivity index (χ1n) is 11.1. The highest BCUT2D eigenvalue weighted by Crippen LogP contribution is 2.30. The van der Waals surface area contributed by atoms with Crippen LogP contribution in [0, 0.1) is 5.82 Å². The topological polar surface area (TPSA) is 74.1 Å². The number of halogens is 3. The summed E-state index contributed by atoms with van der Waals surface area (Å²) in [6.07, 6.45) is 0.952. The van der Waals surface area contributed by atoms with Crippen LogP contribution in [0.15, 0.2) is 71.9 Å². The largest absolute Gasteiger partial charge is 0.493 e. The van der Waals surface area contributed by atoms with Crippen LogP contribution in [0.3, 0.4) is 0 Å². The first kappa shape index (κ1) is 27.7. The number of para-hydroxylation sites is 1. The maximum absolute atomic E-state index is 14.0. The van der Waals surface area contributed by atoms with E-state index in [1.54, 1.807) is 35.7 Å². The smallest absolute Gasteiger partial charge is 0.214 e. The van der Waals surface area contributed by atoms with Gasteiger partial charge < -0.3 is 14.8 Å². The van der Waals surface area contributed by atoms with Crippen molar-refractivity contribution in [1.82, 2.24) is 25.5 Å². The summed E-state index contributed by atoms with van der Waals surface area (Å²) in [7, 11) is 1.58. The van der Waals surface area contributed by atoms with Gasteiger partial charge in [0.25, 0.3) is 0 Å². The minimum absolute atomic E-state index is 0. The molecule has 1 heterocycles. The first-order valence-corrected chi connectivity index (χ1v) is 12.4. The van der Waals surface area contributed by atoms with Crippen LogP contribution < -0.4 is 14.8 Å². The monoisotopic (exact) mass is 549 g/mol. The molecule has 0 spiro atoms. The molecule has 0 atom stereocenters. The number of aromatic nitrogens is 4. The van der Waals surface area contributed by atoms with Crippen molar-refractivity contribution in [3.05, 3.63) is 88.7 Å². The van der Waals surface area contributed by atoms with Crippen molar-refractivity contribution >= 4 is 35.8 Å². The molecular formula is C25H26Cl2FN5O2S. The second kappa shape index (κ2) is 14.0. The highest BCUT2D eigenvalue weighted by Gasteiger charge is 2.11. The van der Waals surface area contributed by atoms with E-state index in [1.165, 1.54) is 6.07 Å². The number of benzene rings is 3. The molecular weight excluding hydrogens is 524 g/mol. The van der Waals surface area contributed by atoms with Gasteiger partial charge in [0.2, 0.25) is 5.16 Å². The summed E-state index contributed by atoms with van der Waals surface area (Å²) in [5.74, 6) is 1.60. The normalized spacial score (nSPS) is 10.6. The van der Waals surface area contributed by atoms with Crippen molar-refractivity contribution in [1.29, 1.82) is 0 Å². The van der Waals surface area contributed by atoms with Crippen molar-refractivity contribution in [3.63, 3.8) is 0 Å². The van der Waals surface area contributed by atoms with Gasteiger partial charge in [-0.1, -0.05) is 53.7 Å². The van der Waals surface area contributed by atoms with Gasteiger partial charge in [0.05, 0.1) is 17.8 Å². The van der Waals surface area contributed by atoms with Crippen molar-refractivity contribution in [2.45, 2.75) is 24.7 Å². The minimum atomic E-state index is -0.396. The Hall–Kier alpha value is -2.85. The zero-order valence-corrected chi connectivity index (χ0v) is 22.0. The molecule has 7 nitrogen and oxygen atoms in total. The van der Waals surface area contributed by atoms with Crippen LogP contribution in [0.2, 0.25) is 5.02 Å². The Balaban J connectivity index is 0.00000361. The van der Waals surface area contributed by atoms with Crippen molar-refractivity contribution in [2.24, 2.45) is 0 Å².